The largest absolute Gasteiger partial charge is 0.462 e. The van der Waals surface area contributed by atoms with Crippen LogP contribution in [-0.2, 0) is 4.74 Å². The van der Waals surface area contributed by atoms with Crippen LogP contribution in [0, 0.1) is 5.82 Å². The van der Waals surface area contributed by atoms with E-state index in [1.54, 1.807) is 18.3 Å². The summed E-state index contributed by atoms with van der Waals surface area (Å²) < 4.78 is 28.6. The molecule has 7 rings (SSSR count). The van der Waals surface area contributed by atoms with Gasteiger partial charge in [0.25, 0.3) is 0 Å². The van der Waals surface area contributed by atoms with Crippen molar-refractivity contribution in [3.63, 3.8) is 0 Å². The zero-order valence-electron chi connectivity index (χ0n) is 26.4. The van der Waals surface area contributed by atoms with Gasteiger partial charge in [-0.2, -0.15) is 9.97 Å². The van der Waals surface area contributed by atoms with Crippen LogP contribution in [0.3, 0.4) is 0 Å². The lowest BCUT2D eigenvalue weighted by atomic mass is 10.0. The summed E-state index contributed by atoms with van der Waals surface area (Å²) in [5.41, 5.74) is 0.197. The number of halogens is 2. The Kier molecular flexibility index (Phi) is 7.89. The number of anilines is 1. The van der Waals surface area contributed by atoms with Gasteiger partial charge in [0.05, 0.1) is 23.6 Å². The number of fused-ring (bicyclic) bond motifs is 4. The minimum atomic E-state index is -0.596. The van der Waals surface area contributed by atoms with Gasteiger partial charge in [-0.25, -0.2) is 9.18 Å². The normalized spacial score (nSPS) is 23.5. The number of aliphatic hydroxyl groups is 1. The highest BCUT2D eigenvalue weighted by atomic mass is 35.5. The van der Waals surface area contributed by atoms with Gasteiger partial charge < -0.3 is 19.5 Å². The number of nitrogens with zero attached hydrogens (tertiary/aromatic N) is 6. The first-order valence-electron chi connectivity index (χ1n) is 15.8. The van der Waals surface area contributed by atoms with Gasteiger partial charge in [0.1, 0.15) is 29.2 Å². The Balaban J connectivity index is 1.29. The number of carbonyl (C=O) groups is 1. The lowest BCUT2D eigenvalue weighted by Gasteiger charge is -2.42. The van der Waals surface area contributed by atoms with Crippen LogP contribution in [0.2, 0.25) is 5.02 Å². The molecule has 1 amide bonds. The monoisotopic (exact) mass is 648 g/mol. The first-order valence-corrected chi connectivity index (χ1v) is 16.2. The third-order valence-corrected chi connectivity index (χ3v) is 9.52. The number of likely N-dealkylation sites (N-methyl/N-ethyl adjacent to an activating group) is 1. The van der Waals surface area contributed by atoms with Crippen molar-refractivity contribution in [3.8, 4) is 17.3 Å². The van der Waals surface area contributed by atoms with E-state index in [1.165, 1.54) is 0 Å². The fraction of sp³-hybridized carbons (Fsp3) is 0.471. The minimum absolute atomic E-state index is 0.0263. The van der Waals surface area contributed by atoms with Crippen molar-refractivity contribution in [3.05, 3.63) is 53.4 Å². The fourth-order valence-electron chi connectivity index (χ4n) is 7.11. The second-order valence-electron chi connectivity index (χ2n) is 13.6. The van der Waals surface area contributed by atoms with Crippen LogP contribution in [0.25, 0.3) is 32.9 Å². The third-order valence-electron chi connectivity index (χ3n) is 9.21. The average molecular weight is 649 g/mol. The molecule has 12 heteroatoms. The van der Waals surface area contributed by atoms with Crippen molar-refractivity contribution in [2.45, 2.75) is 69.9 Å². The molecule has 46 heavy (non-hydrogen) atoms. The molecule has 4 atom stereocenters. The molecule has 0 radical (unpaired) electrons. The van der Waals surface area contributed by atoms with E-state index in [4.69, 9.17) is 26.1 Å². The van der Waals surface area contributed by atoms with Crippen LogP contribution in [0.15, 0.2) is 42.6 Å². The van der Waals surface area contributed by atoms with Gasteiger partial charge in [-0.15, -0.1) is 0 Å². The standard InChI is InChI=1S/C34H38ClFN6O4/c1-34(2,3)46-33(44)42-20-11-12-21(42)16-41(15-20)31-25-14-37-29(24-9-5-7-19-8-6-10-26(35)27(19)24)28(36)30(25)38-32(39-31)45-18-22-13-23(43)17-40(22)4/h5-10,14,20-23,43H,11-13,15-18H2,1-4H3/t20-,21+,22-,23-/m0/s1. The molecule has 242 valence electrons. The number of benzene rings is 2. The SMILES string of the molecule is CN1C[C@@H](O)C[C@H]1COc1nc(N2C[C@H]3CC[C@@H](C2)N3C(=O)OC(C)(C)C)c2cnc(-c3cccc4cccc(Cl)c34)c(F)c2n1. The van der Waals surface area contributed by atoms with E-state index in [-0.39, 0.29) is 48.0 Å². The Morgan fingerprint density at radius 2 is 1.80 bits per heavy atom. The summed E-state index contributed by atoms with van der Waals surface area (Å²) in [6, 6.07) is 11.0. The molecule has 10 nitrogen and oxygen atoms in total. The molecular formula is C34H38ClFN6O4. The number of hydrogen-bond acceptors (Lipinski definition) is 9. The molecular weight excluding hydrogens is 611 g/mol. The summed E-state index contributed by atoms with van der Waals surface area (Å²) in [7, 11) is 1.93. The zero-order chi connectivity index (χ0) is 32.3. The van der Waals surface area contributed by atoms with Crippen LogP contribution in [0.5, 0.6) is 6.01 Å². The molecule has 3 fully saturated rings. The number of amides is 1. The van der Waals surface area contributed by atoms with Gasteiger partial charge >= 0.3 is 12.1 Å². The molecule has 3 saturated heterocycles. The number of likely N-dealkylation sites (tertiary alicyclic amines) is 1. The van der Waals surface area contributed by atoms with Crippen molar-refractivity contribution >= 4 is 45.2 Å². The Labute approximate surface area is 272 Å². The summed E-state index contributed by atoms with van der Waals surface area (Å²) in [6.45, 7) is 7.40. The second kappa shape index (κ2) is 11.8. The van der Waals surface area contributed by atoms with Gasteiger partial charge in [0, 0.05) is 47.8 Å². The predicted octanol–water partition coefficient (Wildman–Crippen LogP) is 5.67. The summed E-state index contributed by atoms with van der Waals surface area (Å²) in [5.74, 6) is -0.0864. The molecule has 0 saturated carbocycles. The van der Waals surface area contributed by atoms with E-state index in [9.17, 15) is 9.90 Å². The molecule has 5 heterocycles. The smallest absolute Gasteiger partial charge is 0.410 e. The lowest BCUT2D eigenvalue weighted by molar-refractivity contribution is 0.0122. The topological polar surface area (TPSA) is 104 Å². The van der Waals surface area contributed by atoms with Crippen LogP contribution in [-0.4, -0.2) is 99.1 Å². The quantitative estimate of drug-likeness (QED) is 0.293. The number of β-amino-alcohol motifs (C(OH)–C–C–N with tert-alkyl or cyclic N) is 1. The molecule has 0 aliphatic carbocycles. The van der Waals surface area contributed by atoms with Crippen molar-refractivity contribution < 1.29 is 23.8 Å². The van der Waals surface area contributed by atoms with Gasteiger partial charge in [0.2, 0.25) is 0 Å². The molecule has 0 unspecified atom stereocenters. The Morgan fingerprint density at radius 1 is 1.09 bits per heavy atom. The van der Waals surface area contributed by atoms with E-state index in [2.05, 4.69) is 14.9 Å². The third kappa shape index (κ3) is 5.69. The maximum absolute atomic E-state index is 16.7. The number of carbonyl (C=O) groups excluding carboxylic acids is 1. The number of ether oxygens (including phenoxy) is 2. The van der Waals surface area contributed by atoms with Crippen LogP contribution < -0.4 is 9.64 Å². The maximum Gasteiger partial charge on any atom is 0.410 e. The molecule has 2 aromatic carbocycles. The summed E-state index contributed by atoms with van der Waals surface area (Å²) in [6.07, 6.45) is 3.11. The Bertz CT molecular complexity index is 1800. The number of hydrogen-bond donors (Lipinski definition) is 1. The van der Waals surface area contributed by atoms with Gasteiger partial charge in [0.15, 0.2) is 5.82 Å². The molecule has 3 aliphatic rings. The number of rotatable bonds is 5. The zero-order valence-corrected chi connectivity index (χ0v) is 27.2. The second-order valence-corrected chi connectivity index (χ2v) is 14.0. The summed E-state index contributed by atoms with van der Waals surface area (Å²) in [5, 5.41) is 12.7. The van der Waals surface area contributed by atoms with Gasteiger partial charge in [-0.3, -0.25) is 14.8 Å². The lowest BCUT2D eigenvalue weighted by Crippen LogP contribution is -2.57. The van der Waals surface area contributed by atoms with Crippen LogP contribution in [0.4, 0.5) is 15.0 Å². The first kappa shape index (κ1) is 30.8. The molecule has 4 aromatic rings. The fourth-order valence-corrected chi connectivity index (χ4v) is 7.40. The minimum Gasteiger partial charge on any atom is -0.462 e. The molecule has 0 spiro atoms. The predicted molar refractivity (Wildman–Crippen MR) is 175 cm³/mol. The number of aromatic nitrogens is 3. The van der Waals surface area contributed by atoms with E-state index < -0.39 is 17.5 Å². The van der Waals surface area contributed by atoms with Crippen molar-refractivity contribution in [1.82, 2.24) is 24.8 Å². The van der Waals surface area contributed by atoms with Crippen LogP contribution >= 0.6 is 11.6 Å². The maximum atomic E-state index is 16.7. The highest BCUT2D eigenvalue weighted by Gasteiger charge is 2.45. The van der Waals surface area contributed by atoms with Crippen LogP contribution in [0.1, 0.15) is 40.0 Å². The molecule has 1 N–H and O–H groups in total. The number of piperazine rings is 1. The Hall–Kier alpha value is -3.80. The highest BCUT2D eigenvalue weighted by Crippen LogP contribution is 2.39. The summed E-state index contributed by atoms with van der Waals surface area (Å²) >= 11 is 6.60. The van der Waals surface area contributed by atoms with Gasteiger partial charge in [-0.05, 0) is 58.5 Å². The van der Waals surface area contributed by atoms with Gasteiger partial charge in [-0.1, -0.05) is 41.9 Å². The molecule has 3 aliphatic heterocycles. The van der Waals surface area contributed by atoms with Crippen molar-refractivity contribution in [1.29, 1.82) is 0 Å². The molecule has 2 aromatic heterocycles. The van der Waals surface area contributed by atoms with Crippen molar-refractivity contribution in [2.24, 2.45) is 0 Å². The molecule has 2 bridgehead atoms. The van der Waals surface area contributed by atoms with E-state index in [1.807, 2.05) is 61.9 Å². The van der Waals surface area contributed by atoms with E-state index >= 15 is 4.39 Å². The van der Waals surface area contributed by atoms with E-state index in [0.29, 0.717) is 53.2 Å². The highest BCUT2D eigenvalue weighted by molar-refractivity contribution is 6.36. The number of pyridine rings is 1. The first-order chi connectivity index (χ1) is 22.0. The van der Waals surface area contributed by atoms with Crippen molar-refractivity contribution in [2.75, 3.05) is 38.2 Å². The summed E-state index contributed by atoms with van der Waals surface area (Å²) in [4.78, 5) is 33.1. The van der Waals surface area contributed by atoms with E-state index in [0.717, 1.165) is 18.2 Å². The average Bonchev–Trinajstić information content (AvgIpc) is 3.47. The number of aliphatic hydroxyl groups excluding tert-OH is 1. The Morgan fingerprint density at radius 3 is 2.48 bits per heavy atom.